The number of anilines is 1. The molecule has 5 heteroatoms. The molecule has 1 N–H and O–H groups in total. The number of fused-ring (bicyclic) bond motifs is 1. The van der Waals surface area contributed by atoms with E-state index in [1.54, 1.807) is 6.07 Å². The van der Waals surface area contributed by atoms with Crippen LogP contribution in [0.2, 0.25) is 0 Å². The maximum absolute atomic E-state index is 11.4. The van der Waals surface area contributed by atoms with Crippen molar-refractivity contribution in [2.75, 3.05) is 11.0 Å². The van der Waals surface area contributed by atoms with Gasteiger partial charge in [-0.15, -0.1) is 0 Å². The van der Waals surface area contributed by atoms with Gasteiger partial charge in [0.25, 0.3) is 0 Å². The van der Waals surface area contributed by atoms with Crippen LogP contribution in [0.4, 0.5) is 5.82 Å². The minimum atomic E-state index is -2.31. The lowest BCUT2D eigenvalue weighted by Crippen LogP contribution is -2.09. The lowest BCUT2D eigenvalue weighted by Gasteiger charge is -2.02. The highest BCUT2D eigenvalue weighted by Crippen LogP contribution is 2.22. The van der Waals surface area contributed by atoms with Gasteiger partial charge in [-0.1, -0.05) is 17.3 Å². The largest absolute Gasteiger partial charge is 0.354 e. The van der Waals surface area contributed by atoms with Gasteiger partial charge in [-0.05, 0) is 18.0 Å². The molecule has 1 atom stereocenters. The molecule has 0 aliphatic heterocycles. The molecule has 0 fully saturated rings. The summed E-state index contributed by atoms with van der Waals surface area (Å²) in [7, 11) is -2.31. The quantitative estimate of drug-likeness (QED) is 0.764. The first-order valence-electron chi connectivity index (χ1n) is 4.01. The molecule has 0 saturated carbocycles. The Bertz CT molecular complexity index is 557. The van der Waals surface area contributed by atoms with Gasteiger partial charge in [-0.3, -0.25) is 4.72 Å². The number of rotatable bonds is 2. The molecule has 1 unspecified atom stereocenters. The van der Waals surface area contributed by atoms with Crippen molar-refractivity contribution < 1.29 is 8.73 Å². The first kappa shape index (κ1) is 9.08. The van der Waals surface area contributed by atoms with Gasteiger partial charge in [-0.2, -0.15) is 0 Å². The number of hydrogen-bond acceptors (Lipinski definition) is 3. The van der Waals surface area contributed by atoms with Crippen LogP contribution in [0.15, 0.2) is 28.8 Å². The van der Waals surface area contributed by atoms with Crippen LogP contribution in [0, 0.1) is 0 Å². The molecule has 0 radical (unpaired) electrons. The lowest BCUT2D eigenvalue weighted by atomic mass is 10.2. The Hall–Kier alpha value is -1.49. The van der Waals surface area contributed by atoms with Gasteiger partial charge in [-0.25, -0.2) is 4.21 Å². The van der Waals surface area contributed by atoms with E-state index < -0.39 is 9.71 Å². The molecule has 0 aliphatic rings. The monoisotopic (exact) mass is 210 g/mol. The van der Waals surface area contributed by atoms with Crippen LogP contribution in [0.5, 0.6) is 0 Å². The number of nitrogens with zero attached hydrogens (tertiary/aromatic N) is 1. The van der Waals surface area contributed by atoms with E-state index >= 15 is 0 Å². The molecular formula is C9H10N2O2S. The zero-order chi connectivity index (χ0) is 10.2. The molecule has 0 saturated heterocycles. The maximum Gasteiger partial charge on any atom is 0.188 e. The summed E-state index contributed by atoms with van der Waals surface area (Å²) in [5.74, 6) is 3.96. The number of nitrogens with one attached hydrogen (secondary N) is 1. The molecule has 74 valence electrons. The molecule has 2 aromatic rings. The molecule has 1 aromatic heterocycles. The van der Waals surface area contributed by atoms with Crippen LogP contribution in [0.3, 0.4) is 0 Å². The van der Waals surface area contributed by atoms with Crippen molar-refractivity contribution in [2.24, 2.45) is 0 Å². The minimum Gasteiger partial charge on any atom is -0.354 e. The fraction of sp³-hybridized carbons (Fsp3) is 0.111. The fourth-order valence-electron chi connectivity index (χ4n) is 1.16. The summed E-state index contributed by atoms with van der Waals surface area (Å²) in [5, 5.41) is 4.59. The molecule has 0 spiro atoms. The van der Waals surface area contributed by atoms with E-state index in [4.69, 9.17) is 4.52 Å². The van der Waals surface area contributed by atoms with E-state index in [9.17, 15) is 4.21 Å². The third-order valence-electron chi connectivity index (χ3n) is 1.69. The van der Waals surface area contributed by atoms with Crippen molar-refractivity contribution >= 4 is 32.4 Å². The van der Waals surface area contributed by atoms with Crippen molar-refractivity contribution in [1.29, 1.82) is 0 Å². The average Bonchev–Trinajstić information content (AvgIpc) is 2.47. The first-order chi connectivity index (χ1) is 6.56. The Morgan fingerprint density at radius 1 is 1.50 bits per heavy atom. The Kier molecular flexibility index (Phi) is 1.96. The molecule has 1 aromatic carbocycles. The summed E-state index contributed by atoms with van der Waals surface area (Å²) in [6, 6.07) is 7.36. The van der Waals surface area contributed by atoms with Crippen molar-refractivity contribution in [3.05, 3.63) is 24.3 Å². The second-order valence-corrected chi connectivity index (χ2v) is 5.35. The second-order valence-electron chi connectivity index (χ2n) is 3.13. The molecule has 1 heterocycles. The van der Waals surface area contributed by atoms with Crippen LogP contribution >= 0.6 is 0 Å². The van der Waals surface area contributed by atoms with Crippen molar-refractivity contribution in [1.82, 2.24) is 5.16 Å². The van der Waals surface area contributed by atoms with Crippen LogP contribution in [-0.2, 0) is 9.71 Å². The van der Waals surface area contributed by atoms with E-state index in [0.29, 0.717) is 11.4 Å². The Balaban J connectivity index is 2.54. The minimum absolute atomic E-state index is 0.475. The zero-order valence-electron chi connectivity index (χ0n) is 7.69. The van der Waals surface area contributed by atoms with E-state index in [-0.39, 0.29) is 0 Å². The second kappa shape index (κ2) is 3.02. The number of hydrogen-bond donors (Lipinski definition) is 1. The van der Waals surface area contributed by atoms with Gasteiger partial charge in [0.1, 0.15) is 0 Å². The summed E-state index contributed by atoms with van der Waals surface area (Å²) in [5.41, 5.74) is 0.665. The molecule has 14 heavy (non-hydrogen) atoms. The van der Waals surface area contributed by atoms with Gasteiger partial charge in [0.05, 0.1) is 5.39 Å². The van der Waals surface area contributed by atoms with Gasteiger partial charge >= 0.3 is 0 Å². The van der Waals surface area contributed by atoms with Crippen molar-refractivity contribution in [2.45, 2.75) is 0 Å². The van der Waals surface area contributed by atoms with E-state index in [1.807, 2.05) is 18.2 Å². The summed E-state index contributed by atoms with van der Waals surface area (Å²) >= 11 is 0. The number of para-hydroxylation sites is 1. The summed E-state index contributed by atoms with van der Waals surface area (Å²) in [4.78, 5) is 0. The number of aromatic nitrogens is 1. The SMILES string of the molecule is C=S(C)(=O)Nc1noc2ccccc12. The van der Waals surface area contributed by atoms with Crippen molar-refractivity contribution in [3.8, 4) is 0 Å². The van der Waals surface area contributed by atoms with Gasteiger partial charge in [0.15, 0.2) is 11.4 Å². The van der Waals surface area contributed by atoms with Gasteiger partial charge in [0, 0.05) is 16.0 Å². The molecule has 0 aliphatic carbocycles. The Morgan fingerprint density at radius 3 is 2.93 bits per heavy atom. The van der Waals surface area contributed by atoms with Crippen LogP contribution < -0.4 is 4.72 Å². The molecular weight excluding hydrogens is 200 g/mol. The third-order valence-corrected chi connectivity index (χ3v) is 2.32. The topological polar surface area (TPSA) is 55.1 Å². The summed E-state index contributed by atoms with van der Waals surface area (Å²) < 4.78 is 19.1. The van der Waals surface area contributed by atoms with E-state index in [0.717, 1.165) is 5.39 Å². The molecule has 2 rings (SSSR count). The summed E-state index contributed by atoms with van der Waals surface area (Å²) in [6.07, 6.45) is 1.51. The third kappa shape index (κ3) is 1.72. The maximum atomic E-state index is 11.4. The lowest BCUT2D eigenvalue weighted by molar-refractivity contribution is 0.460. The Morgan fingerprint density at radius 2 is 2.21 bits per heavy atom. The van der Waals surface area contributed by atoms with Crippen molar-refractivity contribution in [3.63, 3.8) is 0 Å². The highest BCUT2D eigenvalue weighted by atomic mass is 32.2. The molecule has 0 amide bonds. The van der Waals surface area contributed by atoms with E-state index in [1.165, 1.54) is 6.26 Å². The fourth-order valence-corrected chi connectivity index (χ4v) is 1.72. The van der Waals surface area contributed by atoms with Gasteiger partial charge in [0.2, 0.25) is 0 Å². The smallest absolute Gasteiger partial charge is 0.188 e. The molecule has 4 nitrogen and oxygen atoms in total. The van der Waals surface area contributed by atoms with Crippen LogP contribution in [-0.4, -0.2) is 21.5 Å². The van der Waals surface area contributed by atoms with Crippen LogP contribution in [0.25, 0.3) is 11.0 Å². The predicted molar refractivity (Wildman–Crippen MR) is 58.8 cm³/mol. The highest BCUT2D eigenvalue weighted by molar-refractivity contribution is 8.00. The van der Waals surface area contributed by atoms with Crippen LogP contribution in [0.1, 0.15) is 0 Å². The van der Waals surface area contributed by atoms with Gasteiger partial charge < -0.3 is 4.52 Å². The predicted octanol–water partition coefficient (Wildman–Crippen LogP) is 1.50. The number of benzene rings is 1. The highest BCUT2D eigenvalue weighted by Gasteiger charge is 2.07. The standard InChI is InChI=1S/C9H10N2O2S/c1-14(2,12)11-9-7-5-3-4-6-8(7)13-10-9/h3-6H,1H2,2H3,(H,10,11,12). The summed E-state index contributed by atoms with van der Waals surface area (Å²) in [6.45, 7) is 0. The Labute approximate surface area is 82.0 Å². The zero-order valence-corrected chi connectivity index (χ0v) is 8.50. The van der Waals surface area contributed by atoms with E-state index in [2.05, 4.69) is 15.7 Å². The first-order valence-corrected chi connectivity index (χ1v) is 6.14. The average molecular weight is 210 g/mol. The normalized spacial score (nSPS) is 15.2. The molecule has 0 bridgehead atoms.